The standard InChI is InChI=1S/C17H16F6N4O.2ClH/c18-11-6-13(20)12(19)4-9(11)3-10(24)5-16(28)27-2-1-26-7-14(17(21,22)23)25-15(26)8-27;;/h4,6-7,10H,1-3,5,8,24H2;2*1H/t10-;;/m1../s1. The van der Waals surface area contributed by atoms with Crippen LogP contribution in [0.2, 0.25) is 0 Å². The number of rotatable bonds is 4. The summed E-state index contributed by atoms with van der Waals surface area (Å²) in [6.45, 7) is 0.212. The van der Waals surface area contributed by atoms with Crippen LogP contribution in [0.3, 0.4) is 0 Å². The quantitative estimate of drug-likeness (QED) is 0.540. The van der Waals surface area contributed by atoms with Gasteiger partial charge in [-0.1, -0.05) is 0 Å². The van der Waals surface area contributed by atoms with Gasteiger partial charge in [-0.25, -0.2) is 18.2 Å². The van der Waals surface area contributed by atoms with E-state index in [-0.39, 0.29) is 68.7 Å². The van der Waals surface area contributed by atoms with E-state index in [0.717, 1.165) is 6.20 Å². The van der Waals surface area contributed by atoms with Gasteiger partial charge in [-0.05, 0) is 18.1 Å². The molecule has 168 valence electrons. The minimum atomic E-state index is -4.57. The van der Waals surface area contributed by atoms with E-state index < -0.39 is 41.3 Å². The molecule has 13 heteroatoms. The molecule has 1 atom stereocenters. The maximum absolute atomic E-state index is 13.7. The van der Waals surface area contributed by atoms with Gasteiger partial charge in [-0.3, -0.25) is 4.79 Å². The van der Waals surface area contributed by atoms with Crippen LogP contribution in [0.15, 0.2) is 18.3 Å². The number of imidazole rings is 1. The average molecular weight is 479 g/mol. The fourth-order valence-corrected chi connectivity index (χ4v) is 3.03. The zero-order chi connectivity index (χ0) is 20.6. The zero-order valence-corrected chi connectivity index (χ0v) is 16.9. The van der Waals surface area contributed by atoms with Gasteiger partial charge in [0.25, 0.3) is 0 Å². The average Bonchev–Trinajstić information content (AvgIpc) is 3.03. The molecule has 0 unspecified atom stereocenters. The first-order chi connectivity index (χ1) is 13.0. The summed E-state index contributed by atoms with van der Waals surface area (Å²) in [4.78, 5) is 17.2. The van der Waals surface area contributed by atoms with Crippen LogP contribution < -0.4 is 5.73 Å². The van der Waals surface area contributed by atoms with Crippen molar-refractivity contribution < 1.29 is 31.1 Å². The summed E-state index contributed by atoms with van der Waals surface area (Å²) < 4.78 is 79.5. The third-order valence-corrected chi connectivity index (χ3v) is 4.45. The number of hydrogen-bond donors (Lipinski definition) is 1. The van der Waals surface area contributed by atoms with E-state index in [0.29, 0.717) is 12.1 Å². The molecule has 0 fully saturated rings. The summed E-state index contributed by atoms with van der Waals surface area (Å²) in [5, 5.41) is 0. The Labute approximate surface area is 180 Å². The molecule has 0 spiro atoms. The highest BCUT2D eigenvalue weighted by Crippen LogP contribution is 2.29. The van der Waals surface area contributed by atoms with Crippen molar-refractivity contribution in [2.75, 3.05) is 6.54 Å². The van der Waals surface area contributed by atoms with Crippen molar-refractivity contribution in [3.8, 4) is 0 Å². The van der Waals surface area contributed by atoms with Gasteiger partial charge in [0.15, 0.2) is 17.3 Å². The van der Waals surface area contributed by atoms with Gasteiger partial charge in [0.1, 0.15) is 11.6 Å². The van der Waals surface area contributed by atoms with E-state index in [4.69, 9.17) is 5.73 Å². The Hall–Kier alpha value is -1.98. The number of fused-ring (bicyclic) bond motifs is 1. The number of halogens is 8. The maximum Gasteiger partial charge on any atom is 0.434 e. The van der Waals surface area contributed by atoms with Gasteiger partial charge >= 0.3 is 6.18 Å². The first-order valence-corrected chi connectivity index (χ1v) is 8.34. The Balaban J connectivity index is 0.00000225. The maximum atomic E-state index is 13.7. The fourth-order valence-electron chi connectivity index (χ4n) is 3.03. The van der Waals surface area contributed by atoms with Gasteiger partial charge in [-0.2, -0.15) is 13.2 Å². The van der Waals surface area contributed by atoms with Crippen LogP contribution in [-0.2, 0) is 30.5 Å². The Morgan fingerprint density at radius 2 is 1.73 bits per heavy atom. The molecule has 0 saturated heterocycles. The van der Waals surface area contributed by atoms with Gasteiger partial charge in [-0.15, -0.1) is 24.8 Å². The summed E-state index contributed by atoms with van der Waals surface area (Å²) in [5.74, 6) is -3.86. The summed E-state index contributed by atoms with van der Waals surface area (Å²) in [5.41, 5.74) is 4.64. The second-order valence-electron chi connectivity index (χ2n) is 6.57. The van der Waals surface area contributed by atoms with Crippen molar-refractivity contribution in [3.05, 3.63) is 52.9 Å². The van der Waals surface area contributed by atoms with Crippen LogP contribution in [0.1, 0.15) is 23.5 Å². The number of benzene rings is 1. The third-order valence-electron chi connectivity index (χ3n) is 4.45. The Morgan fingerprint density at radius 3 is 2.37 bits per heavy atom. The van der Waals surface area contributed by atoms with E-state index in [1.807, 2.05) is 0 Å². The molecule has 1 amide bonds. The Morgan fingerprint density at radius 1 is 1.10 bits per heavy atom. The van der Waals surface area contributed by atoms with Crippen LogP contribution in [0.5, 0.6) is 0 Å². The molecule has 0 bridgehead atoms. The number of aromatic nitrogens is 2. The SMILES string of the molecule is Cl.Cl.N[C@@H](CC(=O)N1CCn2cc(C(F)(F)F)nc2C1)Cc1cc(F)c(F)cc1F. The van der Waals surface area contributed by atoms with E-state index in [1.165, 1.54) is 9.47 Å². The minimum absolute atomic E-state index is 0. The predicted molar refractivity (Wildman–Crippen MR) is 99.8 cm³/mol. The van der Waals surface area contributed by atoms with E-state index in [9.17, 15) is 31.1 Å². The molecule has 1 aliphatic heterocycles. The van der Waals surface area contributed by atoms with Gasteiger partial charge < -0.3 is 15.2 Å². The number of nitrogens with two attached hydrogens (primary N) is 1. The smallest absolute Gasteiger partial charge is 0.333 e. The number of amides is 1. The topological polar surface area (TPSA) is 64.2 Å². The van der Waals surface area contributed by atoms with E-state index in [2.05, 4.69) is 4.98 Å². The first-order valence-electron chi connectivity index (χ1n) is 8.34. The zero-order valence-electron chi connectivity index (χ0n) is 15.3. The predicted octanol–water partition coefficient (Wildman–Crippen LogP) is 3.47. The number of nitrogens with zero attached hydrogens (tertiary/aromatic N) is 3. The molecule has 0 radical (unpaired) electrons. The lowest BCUT2D eigenvalue weighted by Gasteiger charge is -2.28. The van der Waals surface area contributed by atoms with Crippen LogP contribution >= 0.6 is 24.8 Å². The number of hydrogen-bond acceptors (Lipinski definition) is 3. The van der Waals surface area contributed by atoms with E-state index >= 15 is 0 Å². The van der Waals surface area contributed by atoms with Gasteiger partial charge in [0.05, 0.1) is 6.54 Å². The molecule has 1 aliphatic rings. The lowest BCUT2D eigenvalue weighted by Crippen LogP contribution is -2.41. The van der Waals surface area contributed by atoms with Gasteiger partial charge in [0, 0.05) is 37.8 Å². The summed E-state index contributed by atoms with van der Waals surface area (Å²) >= 11 is 0. The first kappa shape index (κ1) is 26.1. The lowest BCUT2D eigenvalue weighted by atomic mass is 10.0. The van der Waals surface area contributed by atoms with Crippen LogP contribution in [-0.4, -0.2) is 32.9 Å². The number of carbonyl (C=O) groups excluding carboxylic acids is 1. The van der Waals surface area contributed by atoms with Crippen molar-refractivity contribution in [2.45, 2.75) is 38.1 Å². The van der Waals surface area contributed by atoms with Crippen LogP contribution in [0.4, 0.5) is 26.3 Å². The molecule has 5 nitrogen and oxygen atoms in total. The molecule has 2 N–H and O–H groups in total. The van der Waals surface area contributed by atoms with Crippen LogP contribution in [0, 0.1) is 17.5 Å². The van der Waals surface area contributed by atoms with Crippen LogP contribution in [0.25, 0.3) is 0 Å². The van der Waals surface area contributed by atoms with Crippen molar-refractivity contribution in [2.24, 2.45) is 5.73 Å². The Kier molecular flexibility index (Phi) is 8.59. The number of alkyl halides is 3. The molecule has 0 saturated carbocycles. The highest BCUT2D eigenvalue weighted by molar-refractivity contribution is 5.85. The second kappa shape index (κ2) is 9.88. The Bertz CT molecular complexity index is 905. The van der Waals surface area contributed by atoms with Crippen molar-refractivity contribution in [3.63, 3.8) is 0 Å². The summed E-state index contributed by atoms with van der Waals surface area (Å²) in [6.07, 6.45) is -4.11. The fraction of sp³-hybridized carbons (Fsp3) is 0.412. The largest absolute Gasteiger partial charge is 0.434 e. The normalized spacial score (nSPS) is 14.4. The molecular formula is C17H18Cl2F6N4O. The molecule has 2 aromatic rings. The van der Waals surface area contributed by atoms with Crippen molar-refractivity contribution in [1.29, 1.82) is 0 Å². The van der Waals surface area contributed by atoms with Gasteiger partial charge in [0.2, 0.25) is 5.91 Å². The minimum Gasteiger partial charge on any atom is -0.333 e. The monoisotopic (exact) mass is 478 g/mol. The third kappa shape index (κ3) is 5.79. The number of carbonyl (C=O) groups is 1. The lowest BCUT2D eigenvalue weighted by molar-refractivity contribution is -0.141. The van der Waals surface area contributed by atoms with Crippen molar-refractivity contribution >= 4 is 30.7 Å². The molecule has 1 aromatic heterocycles. The molecule has 30 heavy (non-hydrogen) atoms. The highest BCUT2D eigenvalue weighted by Gasteiger charge is 2.36. The summed E-state index contributed by atoms with van der Waals surface area (Å²) in [7, 11) is 0. The molecular weight excluding hydrogens is 461 g/mol. The van der Waals surface area contributed by atoms with E-state index in [1.54, 1.807) is 0 Å². The molecule has 2 heterocycles. The molecule has 3 rings (SSSR count). The second-order valence-corrected chi connectivity index (χ2v) is 6.57. The highest BCUT2D eigenvalue weighted by atomic mass is 35.5. The molecule has 1 aromatic carbocycles. The summed E-state index contributed by atoms with van der Waals surface area (Å²) in [6, 6.07) is 0.215. The molecule has 0 aliphatic carbocycles. The van der Waals surface area contributed by atoms with Crippen molar-refractivity contribution in [1.82, 2.24) is 14.5 Å².